The highest BCUT2D eigenvalue weighted by Gasteiger charge is 2.37. The second-order valence-corrected chi connectivity index (χ2v) is 7.47. The number of hydrogen-bond donors (Lipinski definition) is 1. The van der Waals surface area contributed by atoms with Crippen LogP contribution in [-0.2, 0) is 9.59 Å². The van der Waals surface area contributed by atoms with Gasteiger partial charge in [-0.25, -0.2) is 4.99 Å². The fourth-order valence-corrected chi connectivity index (χ4v) is 3.88. The highest BCUT2D eigenvalue weighted by Crippen LogP contribution is 2.31. The van der Waals surface area contributed by atoms with Gasteiger partial charge in [0.05, 0.1) is 12.8 Å². The van der Waals surface area contributed by atoms with Crippen molar-refractivity contribution in [1.29, 1.82) is 0 Å². The molecule has 2 amide bonds. The van der Waals surface area contributed by atoms with E-state index in [-0.39, 0.29) is 18.2 Å². The van der Waals surface area contributed by atoms with Crippen molar-refractivity contribution in [3.05, 3.63) is 53.6 Å². The van der Waals surface area contributed by atoms with Crippen LogP contribution in [0.1, 0.15) is 6.42 Å². The number of amides is 2. The first-order chi connectivity index (χ1) is 13.0. The Balaban J connectivity index is 1.68. The average molecular weight is 404 g/mol. The third-order valence-corrected chi connectivity index (χ3v) is 5.36. The molecule has 1 aliphatic heterocycles. The van der Waals surface area contributed by atoms with Crippen molar-refractivity contribution >= 4 is 51.7 Å². The minimum atomic E-state index is -0.515. The molecule has 1 N–H and O–H groups in total. The van der Waals surface area contributed by atoms with Crippen molar-refractivity contribution in [2.75, 3.05) is 19.5 Å². The Hall–Kier alpha value is -2.51. The van der Waals surface area contributed by atoms with Crippen LogP contribution < -0.4 is 10.1 Å². The van der Waals surface area contributed by atoms with Crippen LogP contribution in [-0.4, -0.2) is 41.3 Å². The van der Waals surface area contributed by atoms with Crippen LogP contribution >= 0.6 is 23.4 Å². The Morgan fingerprint density at radius 3 is 2.81 bits per heavy atom. The van der Waals surface area contributed by atoms with Crippen LogP contribution in [0.3, 0.4) is 0 Å². The summed E-state index contributed by atoms with van der Waals surface area (Å²) in [6, 6.07) is 14.1. The number of carbonyl (C=O) groups excluding carboxylic acids is 2. The van der Waals surface area contributed by atoms with E-state index in [1.165, 1.54) is 16.7 Å². The maximum Gasteiger partial charge on any atom is 0.242 e. The molecule has 0 unspecified atom stereocenters. The number of hydrogen-bond acceptors (Lipinski definition) is 5. The summed E-state index contributed by atoms with van der Waals surface area (Å²) < 4.78 is 5.19. The highest BCUT2D eigenvalue weighted by atomic mass is 35.5. The fraction of sp³-hybridized carbons (Fsp3) is 0.211. The highest BCUT2D eigenvalue weighted by molar-refractivity contribution is 8.15. The Labute approximate surface area is 166 Å². The van der Waals surface area contributed by atoms with Crippen molar-refractivity contribution in [2.24, 2.45) is 4.99 Å². The quantitative estimate of drug-likeness (QED) is 0.820. The molecule has 6 nitrogen and oxygen atoms in total. The molecule has 2 aromatic carbocycles. The topological polar surface area (TPSA) is 71.0 Å². The van der Waals surface area contributed by atoms with Crippen LogP contribution in [0.4, 0.5) is 11.4 Å². The van der Waals surface area contributed by atoms with Crippen LogP contribution in [0.25, 0.3) is 0 Å². The summed E-state index contributed by atoms with van der Waals surface area (Å²) in [6.45, 7) is 0. The van der Waals surface area contributed by atoms with Gasteiger partial charge in [0.15, 0.2) is 5.17 Å². The van der Waals surface area contributed by atoms with Crippen LogP contribution in [0.15, 0.2) is 53.5 Å². The van der Waals surface area contributed by atoms with E-state index >= 15 is 0 Å². The predicted octanol–water partition coefficient (Wildman–Crippen LogP) is 3.94. The summed E-state index contributed by atoms with van der Waals surface area (Å²) in [5.74, 6) is 0.285. The summed E-state index contributed by atoms with van der Waals surface area (Å²) in [7, 11) is 3.24. The van der Waals surface area contributed by atoms with Gasteiger partial charge in [0.1, 0.15) is 11.0 Å². The molecule has 27 heavy (non-hydrogen) atoms. The van der Waals surface area contributed by atoms with E-state index in [1.807, 2.05) is 18.2 Å². The average Bonchev–Trinajstić information content (AvgIpc) is 2.89. The van der Waals surface area contributed by atoms with Gasteiger partial charge in [-0.2, -0.15) is 0 Å². The SMILES string of the molecule is COc1cccc(N=C2S[C@@H](CC(=O)Nc3cccc(Cl)c3)C(=O)N2C)c1. The molecule has 2 aromatic rings. The largest absolute Gasteiger partial charge is 0.497 e. The molecular formula is C19H18ClN3O3S. The third-order valence-electron chi connectivity index (χ3n) is 3.90. The lowest BCUT2D eigenvalue weighted by atomic mass is 10.2. The Morgan fingerprint density at radius 1 is 1.30 bits per heavy atom. The van der Waals surface area contributed by atoms with E-state index in [1.54, 1.807) is 44.5 Å². The first kappa shape index (κ1) is 19.3. The lowest BCUT2D eigenvalue weighted by molar-refractivity contribution is -0.127. The molecule has 1 aliphatic rings. The van der Waals surface area contributed by atoms with Crippen molar-refractivity contribution in [3.8, 4) is 5.75 Å². The normalized spacial score (nSPS) is 18.0. The Kier molecular flexibility index (Phi) is 6.03. The second kappa shape index (κ2) is 8.45. The Morgan fingerprint density at radius 2 is 2.07 bits per heavy atom. The number of amidine groups is 1. The zero-order chi connectivity index (χ0) is 19.4. The maximum absolute atomic E-state index is 12.5. The van der Waals surface area contributed by atoms with E-state index < -0.39 is 5.25 Å². The lowest BCUT2D eigenvalue weighted by Crippen LogP contribution is -2.30. The van der Waals surface area contributed by atoms with Gasteiger partial charge >= 0.3 is 0 Å². The number of benzene rings is 2. The number of nitrogens with zero attached hydrogens (tertiary/aromatic N) is 2. The number of carbonyl (C=O) groups is 2. The van der Waals surface area contributed by atoms with Crippen molar-refractivity contribution in [2.45, 2.75) is 11.7 Å². The van der Waals surface area contributed by atoms with E-state index in [4.69, 9.17) is 16.3 Å². The first-order valence-electron chi connectivity index (χ1n) is 8.18. The van der Waals surface area contributed by atoms with Gasteiger partial charge in [-0.3, -0.25) is 14.5 Å². The number of anilines is 1. The van der Waals surface area contributed by atoms with Gasteiger partial charge in [-0.05, 0) is 30.3 Å². The summed E-state index contributed by atoms with van der Waals surface area (Å²) in [5, 5.41) is 3.33. The van der Waals surface area contributed by atoms with Crippen molar-refractivity contribution in [1.82, 2.24) is 4.90 Å². The Bertz CT molecular complexity index is 903. The molecule has 0 aliphatic carbocycles. The van der Waals surface area contributed by atoms with Gasteiger partial charge in [-0.15, -0.1) is 0 Å². The number of halogens is 1. The summed E-state index contributed by atoms with van der Waals surface area (Å²) >= 11 is 7.19. The van der Waals surface area contributed by atoms with Crippen molar-refractivity contribution in [3.63, 3.8) is 0 Å². The molecule has 8 heteroatoms. The zero-order valence-electron chi connectivity index (χ0n) is 14.8. The molecule has 3 rings (SSSR count). The van der Waals surface area contributed by atoms with Gasteiger partial charge in [-0.1, -0.05) is 35.5 Å². The standard InChI is InChI=1S/C19H18ClN3O3S/c1-23-18(25)16(11-17(24)21-13-6-3-5-12(20)9-13)27-19(23)22-14-7-4-8-15(10-14)26-2/h3-10,16H,11H2,1-2H3,(H,21,24)/t16-/m0/s1. The number of rotatable bonds is 5. The molecule has 1 heterocycles. The molecule has 0 aromatic heterocycles. The van der Waals surface area contributed by atoms with Crippen molar-refractivity contribution < 1.29 is 14.3 Å². The number of methoxy groups -OCH3 is 1. The number of ether oxygens (including phenoxy) is 1. The van der Waals surface area contributed by atoms with Gasteiger partial charge in [0.2, 0.25) is 11.8 Å². The molecule has 0 saturated carbocycles. The monoisotopic (exact) mass is 403 g/mol. The predicted molar refractivity (Wildman–Crippen MR) is 109 cm³/mol. The minimum absolute atomic E-state index is 0.0531. The smallest absolute Gasteiger partial charge is 0.242 e. The number of thioether (sulfide) groups is 1. The molecule has 140 valence electrons. The number of nitrogens with one attached hydrogen (secondary N) is 1. The van der Waals surface area contributed by atoms with Crippen LogP contribution in [0.5, 0.6) is 5.75 Å². The summed E-state index contributed by atoms with van der Waals surface area (Å²) in [4.78, 5) is 30.7. The molecule has 1 saturated heterocycles. The summed E-state index contributed by atoms with van der Waals surface area (Å²) in [6.07, 6.45) is 0.0531. The summed E-state index contributed by atoms with van der Waals surface area (Å²) in [5.41, 5.74) is 1.28. The van der Waals surface area contributed by atoms with Crippen LogP contribution in [0.2, 0.25) is 5.02 Å². The van der Waals surface area contributed by atoms with Gasteiger partial charge < -0.3 is 10.1 Å². The van der Waals surface area contributed by atoms with E-state index in [2.05, 4.69) is 10.3 Å². The first-order valence-corrected chi connectivity index (χ1v) is 9.44. The molecular weight excluding hydrogens is 386 g/mol. The number of aliphatic imine (C=N–C) groups is 1. The van der Waals surface area contributed by atoms with E-state index in [0.29, 0.717) is 27.3 Å². The van der Waals surface area contributed by atoms with E-state index in [9.17, 15) is 9.59 Å². The minimum Gasteiger partial charge on any atom is -0.497 e. The lowest BCUT2D eigenvalue weighted by Gasteiger charge is -2.09. The molecule has 1 atom stereocenters. The maximum atomic E-state index is 12.5. The molecule has 0 bridgehead atoms. The zero-order valence-corrected chi connectivity index (χ0v) is 16.4. The third kappa shape index (κ3) is 4.81. The molecule has 0 radical (unpaired) electrons. The molecule has 0 spiro atoms. The second-order valence-electron chi connectivity index (χ2n) is 5.86. The van der Waals surface area contributed by atoms with Gasteiger partial charge in [0.25, 0.3) is 0 Å². The fourth-order valence-electron chi connectivity index (χ4n) is 2.53. The van der Waals surface area contributed by atoms with E-state index in [0.717, 1.165) is 0 Å². The van der Waals surface area contributed by atoms with Crippen LogP contribution in [0, 0.1) is 0 Å². The molecule has 1 fully saturated rings. The van der Waals surface area contributed by atoms with Gasteiger partial charge in [0, 0.05) is 30.2 Å².